The molecular formula is C86H106N34O7S4. The molecule has 11 aromatic heterocycles. The van der Waals surface area contributed by atoms with Gasteiger partial charge < -0.3 is 89.5 Å². The van der Waals surface area contributed by atoms with E-state index in [1.54, 1.807) is 86.4 Å². The average molecular weight is 1860 g/mol. The fourth-order valence-electron chi connectivity index (χ4n) is 16.4. The third kappa shape index (κ3) is 18.4. The summed E-state index contributed by atoms with van der Waals surface area (Å²) in [5.74, 6) is 5.24. The van der Waals surface area contributed by atoms with Crippen molar-refractivity contribution in [2.24, 2.45) is 14.1 Å². The second-order valence-electron chi connectivity index (χ2n) is 32.1. The van der Waals surface area contributed by atoms with Gasteiger partial charge >= 0.3 is 0 Å². The monoisotopic (exact) mass is 1850 g/mol. The molecule has 3 saturated heterocycles. The Morgan fingerprint density at radius 2 is 0.824 bits per heavy atom. The number of fused-ring (bicyclic) bond motifs is 8. The molecule has 686 valence electrons. The van der Waals surface area contributed by atoms with Crippen molar-refractivity contribution in [1.29, 1.82) is 0 Å². The quantitative estimate of drug-likeness (QED) is 0.0658. The summed E-state index contributed by atoms with van der Waals surface area (Å²) >= 11 is 5.88. The number of piperazine rings is 2. The summed E-state index contributed by atoms with van der Waals surface area (Å²) in [5.41, 5.74) is 9.22. The molecule has 0 bridgehead atoms. The van der Waals surface area contributed by atoms with Crippen LogP contribution in [-0.2, 0) is 14.1 Å². The Balaban J connectivity index is 0.000000130. The largest absolute Gasteiger partial charge is 0.495 e. The molecule has 12 aromatic rings. The van der Waals surface area contributed by atoms with Crippen molar-refractivity contribution in [3.8, 4) is 11.5 Å². The Morgan fingerprint density at radius 1 is 0.427 bits per heavy atom. The van der Waals surface area contributed by atoms with E-state index in [1.807, 2.05) is 160 Å². The molecule has 4 N–H and O–H groups in total. The van der Waals surface area contributed by atoms with E-state index in [4.69, 9.17) is 24.4 Å². The molecule has 0 spiro atoms. The summed E-state index contributed by atoms with van der Waals surface area (Å²) in [6, 6.07) is 7.96. The van der Waals surface area contributed by atoms with Gasteiger partial charge in [-0.3, -0.25) is 38.2 Å². The van der Waals surface area contributed by atoms with Crippen LogP contribution in [0.5, 0.6) is 11.5 Å². The first-order chi connectivity index (χ1) is 63.0. The number of hydrogen-bond acceptors (Lipinski definition) is 38. The molecule has 19 rings (SSSR count). The highest BCUT2D eigenvalue weighted by atomic mass is 32.1. The topological polar surface area (TPSA) is 397 Å². The number of nitrogens with zero attached hydrogens (tertiary/aromatic N) is 30. The van der Waals surface area contributed by atoms with Crippen molar-refractivity contribution < 1.29 is 33.4 Å². The number of rotatable bonds is 17. The molecule has 41 nitrogen and oxygen atoms in total. The minimum Gasteiger partial charge on any atom is -0.495 e. The summed E-state index contributed by atoms with van der Waals surface area (Å²) in [6.45, 7) is 29.0. The molecule has 131 heavy (non-hydrogen) atoms. The van der Waals surface area contributed by atoms with Gasteiger partial charge in [-0.15, -0.1) is 45.3 Å². The van der Waals surface area contributed by atoms with Gasteiger partial charge in [-0.1, -0.05) is 0 Å². The van der Waals surface area contributed by atoms with Crippen molar-refractivity contribution in [2.75, 3.05) is 213 Å². The summed E-state index contributed by atoms with van der Waals surface area (Å²) in [4.78, 5) is 151. The van der Waals surface area contributed by atoms with Crippen molar-refractivity contribution in [1.82, 2.24) is 104 Å². The molecule has 1 aromatic carbocycles. The van der Waals surface area contributed by atoms with E-state index in [1.165, 1.54) is 45.3 Å². The molecule has 3 fully saturated rings. The van der Waals surface area contributed by atoms with E-state index >= 15 is 0 Å². The minimum absolute atomic E-state index is 0.0181. The minimum atomic E-state index is -0.165. The first-order valence-corrected chi connectivity index (χ1v) is 46.3. The number of piperidine rings is 1. The lowest BCUT2D eigenvalue weighted by atomic mass is 10.0. The first kappa shape index (κ1) is 91.0. The Labute approximate surface area is 774 Å². The Hall–Kier alpha value is -13.3. The zero-order chi connectivity index (χ0) is 92.7. The zero-order valence-corrected chi connectivity index (χ0v) is 80.0. The van der Waals surface area contributed by atoms with Crippen LogP contribution in [0.4, 0.5) is 118 Å². The van der Waals surface area contributed by atoms with Gasteiger partial charge in [-0.2, -0.15) is 30.1 Å². The zero-order valence-electron chi connectivity index (χ0n) is 76.7. The number of benzene rings is 1. The van der Waals surface area contributed by atoms with Gasteiger partial charge in [0.2, 0.25) is 23.8 Å². The number of carbonyl (C=O) groups excluding carboxylic acids is 5. The average Bonchev–Trinajstić information content (AvgIpc) is 1.63. The van der Waals surface area contributed by atoms with Crippen LogP contribution in [0.3, 0.4) is 0 Å². The van der Waals surface area contributed by atoms with Crippen LogP contribution >= 0.6 is 45.3 Å². The Kier molecular flexibility index (Phi) is 26.7. The number of anilines is 21. The smallest absolute Gasteiger partial charge is 0.280 e. The van der Waals surface area contributed by atoms with Crippen LogP contribution in [0.2, 0.25) is 0 Å². The number of likely N-dealkylation sites (N-methyl/N-ethyl adjacent to an activating group) is 2. The van der Waals surface area contributed by atoms with Crippen LogP contribution in [0.15, 0.2) is 73.8 Å². The summed E-state index contributed by atoms with van der Waals surface area (Å²) < 4.78 is 14.8. The van der Waals surface area contributed by atoms with Gasteiger partial charge in [-0.25, -0.2) is 44.9 Å². The summed E-state index contributed by atoms with van der Waals surface area (Å²) in [7, 11) is 18.8. The van der Waals surface area contributed by atoms with Crippen LogP contribution in [0, 0.1) is 34.6 Å². The lowest BCUT2D eigenvalue weighted by Gasteiger charge is -2.42. The number of ether oxygens (including phenoxy) is 2. The third-order valence-electron chi connectivity index (χ3n) is 23.7. The Bertz CT molecular complexity index is 6280. The van der Waals surface area contributed by atoms with Crippen molar-refractivity contribution >= 4 is 193 Å². The SMILES string of the molecule is CCN1C(=O)c2nc(C)sc2N(C)c2nc(Nc3ccc(C(=O)N4CCC(N5CCN(C)CC5)CC4)cc3OC)ncc21.CCN1C(=O)c2nc(C)sc2N(C)c2nc(Nc3cnn(C)c3)ncc21.CCN1C(=O)c2nc(C)sc2N(C)c2nc(Nc3cnn(C)c3C)ncc21.CCN1C(=O)c2nc(C)sc2N(C)c2nc(Nc3ncc(N4CCN(C)CC4)cc3OC)ncc21. The number of amides is 5. The number of thiazole rings is 4. The number of nitrogens with one attached hydrogen (secondary N) is 4. The molecular weight excluding hydrogens is 1750 g/mol. The van der Waals surface area contributed by atoms with Gasteiger partial charge in [0.1, 0.15) is 48.5 Å². The highest BCUT2D eigenvalue weighted by Gasteiger charge is 2.40. The number of aryl methyl sites for hydroxylation is 6. The number of likely N-dealkylation sites (tertiary alicyclic amines) is 1. The number of pyridine rings is 1. The standard InChI is InChI=1S/C30H39N9O3S.C23H29N9O2S.C17H20N8OS.C16H18N8OS/c1-6-39-23-18-31-30(34-26(23)36(4)29-25(28(39)41)32-19(2)43-29)33-22-8-7-20(17-24(22)42-5)27(40)38-11-9-21(10-12-38)37-15-13-35(3)14-16-37;1-6-32-16-13-25-23(28-20(16)30(4)22-18(21(32)33)26-14(2)35-22)27-19-17(34-5)11-15(12-24-19)31-9-7-29(3)8-10-31;1-6-25-12-8-18-17(21-11-7-19-24(5)9(11)2)22-14(12)23(4)16-13(15(25)26)20-10(3)27-16;1-5-24-11-7-17-16(20-10-6-18-22(3)8-10)21-13(11)23(4)15-12(14(24)25)19-9(2)26-15/h7-8,17-18,21H,6,9-16H2,1-5H3,(H,31,33,34);11-13H,6-10H2,1-5H3,(H,24,25,27,28);7-8H,6H2,1-5H3,(H,18,21,22);6-8H,5H2,1-4H3,(H,17,20,21). The summed E-state index contributed by atoms with van der Waals surface area (Å²) in [6.07, 6.45) is 15.8. The predicted molar refractivity (Wildman–Crippen MR) is 513 cm³/mol. The number of carbonyl (C=O) groups is 5. The molecule has 45 heteroatoms. The lowest BCUT2D eigenvalue weighted by molar-refractivity contribution is 0.0518. The molecule has 0 saturated carbocycles. The van der Waals surface area contributed by atoms with E-state index in [2.05, 4.69) is 115 Å². The maximum atomic E-state index is 13.4. The fourth-order valence-corrected chi connectivity index (χ4v) is 19.9. The van der Waals surface area contributed by atoms with Crippen LogP contribution < -0.4 is 74.8 Å². The molecule has 5 amide bonds. The van der Waals surface area contributed by atoms with E-state index in [9.17, 15) is 24.0 Å². The normalized spacial score (nSPS) is 15.8. The number of aromatic nitrogens is 17. The Morgan fingerprint density at radius 3 is 1.21 bits per heavy atom. The molecule has 18 heterocycles. The van der Waals surface area contributed by atoms with E-state index in [0.29, 0.717) is 153 Å². The van der Waals surface area contributed by atoms with Crippen molar-refractivity contribution in [3.05, 3.63) is 128 Å². The van der Waals surface area contributed by atoms with Gasteiger partial charge in [-0.05, 0) is 107 Å². The molecule has 7 aliphatic rings. The van der Waals surface area contributed by atoms with E-state index in [-0.39, 0.29) is 29.5 Å². The molecule has 0 atom stereocenters. The van der Waals surface area contributed by atoms with Gasteiger partial charge in [0.05, 0.1) is 106 Å². The second-order valence-corrected chi connectivity index (χ2v) is 36.8. The highest BCUT2D eigenvalue weighted by Crippen LogP contribution is 2.47. The van der Waals surface area contributed by atoms with Crippen molar-refractivity contribution in [2.45, 2.75) is 81.2 Å². The van der Waals surface area contributed by atoms with Crippen LogP contribution in [0.25, 0.3) is 0 Å². The van der Waals surface area contributed by atoms with Crippen LogP contribution in [0.1, 0.15) is 119 Å². The fraction of sp³-hybridized carbons (Fsp3) is 0.419. The van der Waals surface area contributed by atoms with Crippen LogP contribution in [-0.4, -0.2) is 288 Å². The summed E-state index contributed by atoms with van der Waals surface area (Å²) in [5, 5.41) is 27.6. The molecule has 7 aliphatic heterocycles. The van der Waals surface area contributed by atoms with Gasteiger partial charge in [0.25, 0.3) is 29.5 Å². The lowest BCUT2D eigenvalue weighted by Crippen LogP contribution is -2.52. The molecule has 0 unspecified atom stereocenters. The number of methoxy groups -OCH3 is 2. The highest BCUT2D eigenvalue weighted by molar-refractivity contribution is 7.17. The molecule has 0 aliphatic carbocycles. The van der Waals surface area contributed by atoms with E-state index in [0.717, 1.165) is 141 Å². The first-order valence-electron chi connectivity index (χ1n) is 43.1. The second kappa shape index (κ2) is 38.4. The molecule has 0 radical (unpaired) electrons. The number of hydrogen-bond donors (Lipinski definition) is 4. The van der Waals surface area contributed by atoms with E-state index < -0.39 is 0 Å². The third-order valence-corrected chi connectivity index (χ3v) is 27.9. The van der Waals surface area contributed by atoms with Crippen molar-refractivity contribution in [3.63, 3.8) is 0 Å². The predicted octanol–water partition coefficient (Wildman–Crippen LogP) is 11.7. The van der Waals surface area contributed by atoms with Gasteiger partial charge in [0, 0.05) is 158 Å². The van der Waals surface area contributed by atoms with Gasteiger partial charge in [0.15, 0.2) is 57.6 Å². The maximum absolute atomic E-state index is 13.4. The maximum Gasteiger partial charge on any atom is 0.280 e.